The molecule has 0 heterocycles. The highest BCUT2D eigenvalue weighted by Crippen LogP contribution is 2.24. The summed E-state index contributed by atoms with van der Waals surface area (Å²) in [6.07, 6.45) is 0.399. The largest absolute Gasteiger partial charge is 0.370 e. The number of nitrogens with two attached hydrogens (primary N) is 1. The van der Waals surface area contributed by atoms with Gasteiger partial charge >= 0.3 is 0 Å². The normalized spacial score (nSPS) is 10.3. The summed E-state index contributed by atoms with van der Waals surface area (Å²) in [7, 11) is 0. The van der Waals surface area contributed by atoms with Gasteiger partial charge < -0.3 is 5.73 Å². The second-order valence-electron chi connectivity index (χ2n) is 3.00. The van der Waals surface area contributed by atoms with Gasteiger partial charge in [-0.05, 0) is 17.7 Å². The molecule has 0 unspecified atom stereocenters. The third kappa shape index (κ3) is 4.78. The van der Waals surface area contributed by atoms with E-state index >= 15 is 0 Å². The number of hydrogen-bond donors (Lipinski definition) is 1. The van der Waals surface area contributed by atoms with Crippen LogP contribution in [0.3, 0.4) is 0 Å². The van der Waals surface area contributed by atoms with Crippen molar-refractivity contribution in [2.75, 3.05) is 5.75 Å². The van der Waals surface area contributed by atoms with E-state index in [1.165, 1.54) is 0 Å². The zero-order valence-electron chi connectivity index (χ0n) is 8.00. The van der Waals surface area contributed by atoms with Gasteiger partial charge in [0.25, 0.3) is 0 Å². The molecule has 0 aliphatic rings. The average molecular weight is 264 g/mol. The Balaban J connectivity index is 2.40. The van der Waals surface area contributed by atoms with E-state index in [-0.39, 0.29) is 5.91 Å². The Morgan fingerprint density at radius 2 is 2.13 bits per heavy atom. The summed E-state index contributed by atoms with van der Waals surface area (Å²) in [5.74, 6) is 1.21. The number of amides is 1. The first-order chi connectivity index (χ1) is 7.09. The summed E-state index contributed by atoms with van der Waals surface area (Å²) in [5.41, 5.74) is 6.05. The van der Waals surface area contributed by atoms with E-state index in [0.717, 1.165) is 11.3 Å². The number of carbonyl (C=O) groups excluding carboxylic acids is 1. The zero-order chi connectivity index (χ0) is 11.3. The summed E-state index contributed by atoms with van der Waals surface area (Å²) in [5, 5.41) is 1.29. The van der Waals surface area contributed by atoms with Crippen LogP contribution < -0.4 is 5.73 Å². The van der Waals surface area contributed by atoms with Gasteiger partial charge in [-0.1, -0.05) is 29.3 Å². The lowest BCUT2D eigenvalue weighted by Crippen LogP contribution is -2.10. The van der Waals surface area contributed by atoms with Gasteiger partial charge in [-0.15, -0.1) is 0 Å². The molecule has 1 rings (SSSR count). The fourth-order valence-corrected chi connectivity index (χ4v) is 2.51. The van der Waals surface area contributed by atoms with Crippen molar-refractivity contribution in [1.82, 2.24) is 0 Å². The predicted molar refractivity (Wildman–Crippen MR) is 66.4 cm³/mol. The number of halogens is 2. The van der Waals surface area contributed by atoms with Gasteiger partial charge in [0, 0.05) is 28.0 Å². The summed E-state index contributed by atoms with van der Waals surface area (Å²) >= 11 is 13.4. The first-order valence-electron chi connectivity index (χ1n) is 4.39. The molecule has 0 fully saturated rings. The predicted octanol–water partition coefficient (Wildman–Crippen LogP) is 3.10. The Bertz CT molecular complexity index is 357. The van der Waals surface area contributed by atoms with Crippen LogP contribution in [0.25, 0.3) is 0 Å². The Hall–Kier alpha value is -0.380. The molecule has 0 aromatic heterocycles. The molecule has 0 bridgehead atoms. The third-order valence-electron chi connectivity index (χ3n) is 1.77. The average Bonchev–Trinajstić information content (AvgIpc) is 2.14. The second kappa shape index (κ2) is 6.26. The molecular formula is C10H11Cl2NOS. The zero-order valence-corrected chi connectivity index (χ0v) is 10.3. The van der Waals surface area contributed by atoms with E-state index < -0.39 is 0 Å². The molecular weight excluding hydrogens is 253 g/mol. The maximum Gasteiger partial charge on any atom is 0.218 e. The molecule has 0 saturated heterocycles. The number of benzene rings is 1. The van der Waals surface area contributed by atoms with Crippen molar-refractivity contribution >= 4 is 40.9 Å². The smallest absolute Gasteiger partial charge is 0.218 e. The molecule has 0 atom stereocenters. The van der Waals surface area contributed by atoms with E-state index in [1.54, 1.807) is 23.9 Å². The van der Waals surface area contributed by atoms with E-state index in [1.807, 2.05) is 6.07 Å². The number of hydrogen-bond acceptors (Lipinski definition) is 2. The van der Waals surface area contributed by atoms with Crippen LogP contribution in [-0.2, 0) is 10.5 Å². The molecule has 0 radical (unpaired) electrons. The Morgan fingerprint density at radius 1 is 1.40 bits per heavy atom. The maximum atomic E-state index is 10.5. The van der Waals surface area contributed by atoms with E-state index in [0.29, 0.717) is 22.2 Å². The van der Waals surface area contributed by atoms with Crippen LogP contribution in [0.1, 0.15) is 12.0 Å². The van der Waals surface area contributed by atoms with Crippen molar-refractivity contribution in [3.8, 4) is 0 Å². The number of thioether (sulfide) groups is 1. The SMILES string of the molecule is NC(=O)CCSCc1ccc(Cl)cc1Cl. The van der Waals surface area contributed by atoms with Crippen LogP contribution in [0.15, 0.2) is 18.2 Å². The fraction of sp³-hybridized carbons (Fsp3) is 0.300. The van der Waals surface area contributed by atoms with Crippen molar-refractivity contribution in [1.29, 1.82) is 0 Å². The highest BCUT2D eigenvalue weighted by atomic mass is 35.5. The van der Waals surface area contributed by atoms with Crippen LogP contribution in [0.2, 0.25) is 10.0 Å². The molecule has 82 valence electrons. The lowest BCUT2D eigenvalue weighted by atomic mass is 10.2. The molecule has 0 saturated carbocycles. The van der Waals surface area contributed by atoms with E-state index in [2.05, 4.69) is 0 Å². The lowest BCUT2D eigenvalue weighted by Gasteiger charge is -2.03. The molecule has 15 heavy (non-hydrogen) atoms. The molecule has 1 amide bonds. The van der Waals surface area contributed by atoms with Gasteiger partial charge in [0.15, 0.2) is 0 Å². The minimum absolute atomic E-state index is 0.273. The van der Waals surface area contributed by atoms with Crippen LogP contribution in [0.4, 0.5) is 0 Å². The summed E-state index contributed by atoms with van der Waals surface area (Å²) in [6, 6.07) is 5.41. The Morgan fingerprint density at radius 3 is 2.73 bits per heavy atom. The molecule has 1 aromatic carbocycles. The quantitative estimate of drug-likeness (QED) is 0.830. The lowest BCUT2D eigenvalue weighted by molar-refractivity contribution is -0.117. The summed E-state index contributed by atoms with van der Waals surface area (Å²) in [6.45, 7) is 0. The summed E-state index contributed by atoms with van der Waals surface area (Å²) in [4.78, 5) is 10.5. The van der Waals surface area contributed by atoms with Crippen LogP contribution >= 0.6 is 35.0 Å². The first-order valence-corrected chi connectivity index (χ1v) is 6.30. The van der Waals surface area contributed by atoms with Gasteiger partial charge in [-0.2, -0.15) is 11.8 Å². The third-order valence-corrected chi connectivity index (χ3v) is 3.36. The molecule has 2 N–H and O–H groups in total. The maximum absolute atomic E-state index is 10.5. The van der Waals surface area contributed by atoms with Gasteiger partial charge in [0.2, 0.25) is 5.91 Å². The first kappa shape index (κ1) is 12.7. The van der Waals surface area contributed by atoms with Crippen molar-refractivity contribution in [3.63, 3.8) is 0 Å². The highest BCUT2D eigenvalue weighted by molar-refractivity contribution is 7.98. The Labute approximate surface area is 103 Å². The van der Waals surface area contributed by atoms with Gasteiger partial charge in [-0.3, -0.25) is 4.79 Å². The molecule has 0 aliphatic carbocycles. The number of carbonyl (C=O) groups is 1. The molecule has 2 nitrogen and oxygen atoms in total. The topological polar surface area (TPSA) is 43.1 Å². The number of rotatable bonds is 5. The van der Waals surface area contributed by atoms with E-state index in [4.69, 9.17) is 28.9 Å². The van der Waals surface area contributed by atoms with Crippen molar-refractivity contribution in [3.05, 3.63) is 33.8 Å². The minimum Gasteiger partial charge on any atom is -0.370 e. The Kier molecular flexibility index (Phi) is 5.29. The summed E-state index contributed by atoms with van der Waals surface area (Å²) < 4.78 is 0. The second-order valence-corrected chi connectivity index (χ2v) is 4.95. The van der Waals surface area contributed by atoms with Gasteiger partial charge in [-0.25, -0.2) is 0 Å². The van der Waals surface area contributed by atoms with Crippen molar-refractivity contribution < 1.29 is 4.79 Å². The van der Waals surface area contributed by atoms with Crippen molar-refractivity contribution in [2.45, 2.75) is 12.2 Å². The number of primary amides is 1. The molecule has 0 aliphatic heterocycles. The standard InChI is InChI=1S/C10H11Cl2NOS/c11-8-2-1-7(9(12)5-8)6-15-4-3-10(13)14/h1-2,5H,3-4,6H2,(H2,13,14). The molecule has 0 spiro atoms. The van der Waals surface area contributed by atoms with Crippen LogP contribution in [0.5, 0.6) is 0 Å². The van der Waals surface area contributed by atoms with Crippen molar-refractivity contribution in [2.24, 2.45) is 5.73 Å². The molecule has 1 aromatic rings. The van der Waals surface area contributed by atoms with Gasteiger partial charge in [0.05, 0.1) is 0 Å². The van der Waals surface area contributed by atoms with Gasteiger partial charge in [0.1, 0.15) is 0 Å². The molecule has 5 heteroatoms. The van der Waals surface area contributed by atoms with E-state index in [9.17, 15) is 4.79 Å². The fourth-order valence-electron chi connectivity index (χ4n) is 0.994. The highest BCUT2D eigenvalue weighted by Gasteiger charge is 2.02. The monoisotopic (exact) mass is 263 g/mol. The van der Waals surface area contributed by atoms with Crippen LogP contribution in [0, 0.1) is 0 Å². The minimum atomic E-state index is -0.273. The van der Waals surface area contributed by atoms with Crippen LogP contribution in [-0.4, -0.2) is 11.7 Å².